The summed E-state index contributed by atoms with van der Waals surface area (Å²) in [5, 5.41) is 0. The highest BCUT2D eigenvalue weighted by atomic mass is 32.2. The first kappa shape index (κ1) is 13.4. The highest BCUT2D eigenvalue weighted by Gasteiger charge is 2.36. The maximum Gasteiger partial charge on any atom is 0.0707 e. The standard InChI is InChI=1S/C15H22N2OS/c1-19-14-6-2-11(3-7-14)15(8-16)17-9-12-4-5-13(10-17)18-12/h2-3,6-7,12-13,15H,4-5,8-10,16H2,1H3. The Morgan fingerprint density at radius 1 is 1.26 bits per heavy atom. The van der Waals surface area contributed by atoms with Crippen LogP contribution in [-0.4, -0.2) is 43.0 Å². The molecular weight excluding hydrogens is 256 g/mol. The third-order valence-corrected chi connectivity index (χ3v) is 4.98. The normalized spacial score (nSPS) is 28.5. The molecule has 2 bridgehead atoms. The van der Waals surface area contributed by atoms with Gasteiger partial charge in [0, 0.05) is 30.6 Å². The number of hydrogen-bond acceptors (Lipinski definition) is 4. The Balaban J connectivity index is 1.75. The Morgan fingerprint density at radius 3 is 2.42 bits per heavy atom. The molecule has 0 radical (unpaired) electrons. The van der Waals surface area contributed by atoms with Gasteiger partial charge in [-0.2, -0.15) is 0 Å². The van der Waals surface area contributed by atoms with Gasteiger partial charge in [-0.05, 0) is 36.8 Å². The van der Waals surface area contributed by atoms with Crippen LogP contribution in [0.5, 0.6) is 0 Å². The number of fused-ring (bicyclic) bond motifs is 2. The molecule has 3 nitrogen and oxygen atoms in total. The van der Waals surface area contributed by atoms with E-state index in [9.17, 15) is 0 Å². The van der Waals surface area contributed by atoms with E-state index in [-0.39, 0.29) is 0 Å². The number of morpholine rings is 1. The minimum absolute atomic E-state index is 0.336. The molecule has 3 rings (SSSR count). The maximum atomic E-state index is 6.03. The van der Waals surface area contributed by atoms with Gasteiger partial charge in [-0.25, -0.2) is 0 Å². The van der Waals surface area contributed by atoms with Crippen LogP contribution in [0.15, 0.2) is 29.2 Å². The lowest BCUT2D eigenvalue weighted by molar-refractivity contribution is -0.0521. The summed E-state index contributed by atoms with van der Waals surface area (Å²) in [5.41, 5.74) is 7.36. The summed E-state index contributed by atoms with van der Waals surface area (Å²) < 4.78 is 5.91. The number of hydrogen-bond donors (Lipinski definition) is 1. The van der Waals surface area contributed by atoms with E-state index in [4.69, 9.17) is 10.5 Å². The monoisotopic (exact) mass is 278 g/mol. The minimum Gasteiger partial charge on any atom is -0.372 e. The number of thioether (sulfide) groups is 1. The predicted octanol–water partition coefficient (Wildman–Crippen LogP) is 2.27. The minimum atomic E-state index is 0.336. The molecule has 1 aromatic rings. The van der Waals surface area contributed by atoms with E-state index in [1.165, 1.54) is 23.3 Å². The molecule has 1 aromatic carbocycles. The molecule has 19 heavy (non-hydrogen) atoms. The van der Waals surface area contributed by atoms with Gasteiger partial charge in [0.2, 0.25) is 0 Å². The molecule has 3 atom stereocenters. The quantitative estimate of drug-likeness (QED) is 0.858. The predicted molar refractivity (Wildman–Crippen MR) is 79.5 cm³/mol. The fourth-order valence-electron chi connectivity index (χ4n) is 3.22. The molecule has 2 saturated heterocycles. The number of rotatable bonds is 4. The van der Waals surface area contributed by atoms with Gasteiger partial charge in [-0.1, -0.05) is 12.1 Å². The number of ether oxygens (including phenoxy) is 1. The number of nitrogens with zero attached hydrogens (tertiary/aromatic N) is 1. The summed E-state index contributed by atoms with van der Waals surface area (Å²) in [5.74, 6) is 0. The lowest BCUT2D eigenvalue weighted by Gasteiger charge is -2.37. The van der Waals surface area contributed by atoms with Crippen molar-refractivity contribution in [2.45, 2.75) is 36.0 Å². The van der Waals surface area contributed by atoms with Crippen molar-refractivity contribution in [3.05, 3.63) is 29.8 Å². The smallest absolute Gasteiger partial charge is 0.0707 e. The van der Waals surface area contributed by atoms with E-state index in [1.807, 2.05) is 0 Å². The Hall–Kier alpha value is -0.550. The van der Waals surface area contributed by atoms with Crippen LogP contribution in [0.2, 0.25) is 0 Å². The summed E-state index contributed by atoms with van der Waals surface area (Å²) in [4.78, 5) is 3.82. The van der Waals surface area contributed by atoms with Gasteiger partial charge in [0.05, 0.1) is 12.2 Å². The zero-order chi connectivity index (χ0) is 13.2. The van der Waals surface area contributed by atoms with E-state index in [1.54, 1.807) is 11.8 Å². The van der Waals surface area contributed by atoms with E-state index < -0.39 is 0 Å². The van der Waals surface area contributed by atoms with Crippen molar-refractivity contribution in [1.82, 2.24) is 4.90 Å². The van der Waals surface area contributed by atoms with E-state index >= 15 is 0 Å². The highest BCUT2D eigenvalue weighted by Crippen LogP contribution is 2.32. The Bertz CT molecular complexity index is 411. The van der Waals surface area contributed by atoms with Crippen LogP contribution < -0.4 is 5.73 Å². The van der Waals surface area contributed by atoms with Crippen molar-refractivity contribution < 1.29 is 4.74 Å². The average molecular weight is 278 g/mol. The molecular formula is C15H22N2OS. The van der Waals surface area contributed by atoms with Crippen LogP contribution in [0.25, 0.3) is 0 Å². The molecule has 0 aliphatic carbocycles. The van der Waals surface area contributed by atoms with Crippen molar-refractivity contribution in [3.8, 4) is 0 Å². The molecule has 2 aliphatic rings. The van der Waals surface area contributed by atoms with Crippen molar-refractivity contribution >= 4 is 11.8 Å². The molecule has 0 aromatic heterocycles. The Kier molecular flexibility index (Phi) is 4.12. The SMILES string of the molecule is CSc1ccc(C(CN)N2CC3CCC(C2)O3)cc1. The summed E-state index contributed by atoms with van der Waals surface area (Å²) in [6.07, 6.45) is 5.39. The Labute approximate surface area is 119 Å². The van der Waals surface area contributed by atoms with Gasteiger partial charge < -0.3 is 10.5 Å². The van der Waals surface area contributed by atoms with Crippen LogP contribution in [0.4, 0.5) is 0 Å². The van der Waals surface area contributed by atoms with E-state index in [0.717, 1.165) is 13.1 Å². The van der Waals surface area contributed by atoms with Crippen molar-refractivity contribution in [2.75, 3.05) is 25.9 Å². The topological polar surface area (TPSA) is 38.5 Å². The molecule has 2 heterocycles. The van der Waals surface area contributed by atoms with E-state index in [0.29, 0.717) is 24.8 Å². The fraction of sp³-hybridized carbons (Fsp3) is 0.600. The van der Waals surface area contributed by atoms with Gasteiger partial charge in [-0.15, -0.1) is 11.8 Å². The molecule has 0 spiro atoms. The van der Waals surface area contributed by atoms with Crippen molar-refractivity contribution in [3.63, 3.8) is 0 Å². The summed E-state index contributed by atoms with van der Waals surface area (Å²) in [6.45, 7) is 2.74. The third kappa shape index (κ3) is 2.82. The summed E-state index contributed by atoms with van der Waals surface area (Å²) >= 11 is 1.78. The summed E-state index contributed by atoms with van der Waals surface area (Å²) in [7, 11) is 0. The second kappa shape index (κ2) is 5.83. The average Bonchev–Trinajstić information content (AvgIpc) is 2.79. The van der Waals surface area contributed by atoms with Gasteiger partial charge in [0.15, 0.2) is 0 Å². The molecule has 2 N–H and O–H groups in total. The zero-order valence-corrected chi connectivity index (χ0v) is 12.2. The number of benzene rings is 1. The van der Waals surface area contributed by atoms with Gasteiger partial charge >= 0.3 is 0 Å². The van der Waals surface area contributed by atoms with Gasteiger partial charge in [0.1, 0.15) is 0 Å². The second-order valence-corrected chi connectivity index (χ2v) is 6.32. The molecule has 3 unspecified atom stereocenters. The Morgan fingerprint density at radius 2 is 1.89 bits per heavy atom. The molecule has 4 heteroatoms. The van der Waals surface area contributed by atoms with Gasteiger partial charge in [0.25, 0.3) is 0 Å². The zero-order valence-electron chi connectivity index (χ0n) is 11.4. The van der Waals surface area contributed by atoms with Crippen LogP contribution in [-0.2, 0) is 4.74 Å². The third-order valence-electron chi connectivity index (χ3n) is 4.24. The number of likely N-dealkylation sites (tertiary alicyclic amines) is 1. The fourth-order valence-corrected chi connectivity index (χ4v) is 3.63. The second-order valence-electron chi connectivity index (χ2n) is 5.44. The molecule has 2 aliphatic heterocycles. The van der Waals surface area contributed by atoms with Gasteiger partial charge in [-0.3, -0.25) is 4.90 Å². The lowest BCUT2D eigenvalue weighted by Crippen LogP contribution is -2.46. The summed E-state index contributed by atoms with van der Waals surface area (Å²) in [6, 6.07) is 9.17. The number of nitrogens with two attached hydrogens (primary N) is 1. The van der Waals surface area contributed by atoms with Crippen LogP contribution in [0, 0.1) is 0 Å². The molecule has 0 amide bonds. The lowest BCUT2D eigenvalue weighted by atomic mass is 10.0. The van der Waals surface area contributed by atoms with E-state index in [2.05, 4.69) is 35.4 Å². The molecule has 104 valence electrons. The first-order chi connectivity index (χ1) is 9.30. The van der Waals surface area contributed by atoms with Crippen LogP contribution in [0.1, 0.15) is 24.4 Å². The molecule has 0 saturated carbocycles. The molecule has 2 fully saturated rings. The first-order valence-electron chi connectivity index (χ1n) is 7.03. The van der Waals surface area contributed by atoms with Crippen LogP contribution in [0.3, 0.4) is 0 Å². The first-order valence-corrected chi connectivity index (χ1v) is 8.26. The highest BCUT2D eigenvalue weighted by molar-refractivity contribution is 7.98. The largest absolute Gasteiger partial charge is 0.372 e. The maximum absolute atomic E-state index is 6.03. The van der Waals surface area contributed by atoms with Crippen molar-refractivity contribution in [1.29, 1.82) is 0 Å². The van der Waals surface area contributed by atoms with Crippen molar-refractivity contribution in [2.24, 2.45) is 5.73 Å². The van der Waals surface area contributed by atoms with Crippen LogP contribution >= 0.6 is 11.8 Å².